The van der Waals surface area contributed by atoms with Crippen molar-refractivity contribution < 1.29 is 4.79 Å². The van der Waals surface area contributed by atoms with Crippen LogP contribution in [0.1, 0.15) is 5.56 Å². The first kappa shape index (κ1) is 9.36. The first-order valence-electron chi connectivity index (χ1n) is 3.28. The highest BCUT2D eigenvalue weighted by molar-refractivity contribution is 6.57. The number of hydrogen-bond acceptors (Lipinski definition) is 1. The number of hydrogen-bond donors (Lipinski definition) is 1. The Bertz CT molecular complexity index is 284. The highest BCUT2D eigenvalue weighted by Gasteiger charge is 2.33. The lowest BCUT2D eigenvalue weighted by atomic mass is 10.1. The van der Waals surface area contributed by atoms with E-state index < -0.39 is 10.2 Å². The van der Waals surface area contributed by atoms with Crippen molar-refractivity contribution in [3.63, 3.8) is 0 Å². The normalized spacial score (nSPS) is 11.2. The molecule has 1 aromatic rings. The third-order valence-corrected chi connectivity index (χ3v) is 2.25. The van der Waals surface area contributed by atoms with Crippen molar-refractivity contribution in [1.29, 1.82) is 0 Å². The fourth-order valence-corrected chi connectivity index (χ4v) is 1.04. The predicted molar refractivity (Wildman–Crippen MR) is 49.0 cm³/mol. The van der Waals surface area contributed by atoms with Crippen LogP contribution in [-0.4, -0.2) is 5.91 Å². The van der Waals surface area contributed by atoms with E-state index in [1.807, 2.05) is 0 Å². The number of carbonyl (C=O) groups is 1. The van der Waals surface area contributed by atoms with Gasteiger partial charge >= 0.3 is 0 Å². The van der Waals surface area contributed by atoms with Gasteiger partial charge in [-0.15, -0.1) is 0 Å². The Balaban J connectivity index is 3.06. The molecule has 2 nitrogen and oxygen atoms in total. The second-order valence-electron chi connectivity index (χ2n) is 2.30. The Morgan fingerprint density at radius 3 is 2.17 bits per heavy atom. The first-order valence-corrected chi connectivity index (χ1v) is 4.04. The van der Waals surface area contributed by atoms with E-state index in [1.54, 1.807) is 30.3 Å². The number of benzene rings is 1. The van der Waals surface area contributed by atoms with Gasteiger partial charge in [-0.05, 0) is 5.56 Å². The number of alkyl halides is 2. The predicted octanol–water partition coefficient (Wildman–Crippen LogP) is 1.80. The summed E-state index contributed by atoms with van der Waals surface area (Å²) in [4.78, 5) is 10.8. The molecule has 0 aliphatic heterocycles. The number of rotatable bonds is 2. The van der Waals surface area contributed by atoms with E-state index in [4.69, 9.17) is 28.9 Å². The molecule has 1 rings (SSSR count). The Hall–Kier alpha value is -0.730. The molecule has 0 spiro atoms. The largest absolute Gasteiger partial charge is 0.367 e. The first-order chi connectivity index (χ1) is 5.55. The van der Waals surface area contributed by atoms with Crippen molar-refractivity contribution >= 4 is 29.1 Å². The fourth-order valence-electron chi connectivity index (χ4n) is 0.790. The monoisotopic (exact) mass is 203 g/mol. The van der Waals surface area contributed by atoms with Crippen LogP contribution in [0.15, 0.2) is 30.3 Å². The van der Waals surface area contributed by atoms with Crippen LogP contribution in [0.2, 0.25) is 0 Å². The average molecular weight is 204 g/mol. The topological polar surface area (TPSA) is 43.1 Å². The van der Waals surface area contributed by atoms with Gasteiger partial charge in [0.25, 0.3) is 5.91 Å². The van der Waals surface area contributed by atoms with Gasteiger partial charge < -0.3 is 5.73 Å². The fraction of sp³-hybridized carbons (Fsp3) is 0.125. The third-order valence-electron chi connectivity index (χ3n) is 1.45. The van der Waals surface area contributed by atoms with Gasteiger partial charge in [-0.25, -0.2) is 0 Å². The Labute approximate surface area is 80.3 Å². The summed E-state index contributed by atoms with van der Waals surface area (Å²) in [6.07, 6.45) is 0. The summed E-state index contributed by atoms with van der Waals surface area (Å²) >= 11 is 11.4. The van der Waals surface area contributed by atoms with E-state index in [9.17, 15) is 4.79 Å². The zero-order valence-corrected chi connectivity index (χ0v) is 7.64. The molecule has 0 atom stereocenters. The molecule has 0 bridgehead atoms. The maximum Gasteiger partial charge on any atom is 0.258 e. The molecule has 0 saturated carbocycles. The van der Waals surface area contributed by atoms with E-state index in [1.165, 1.54) is 0 Å². The van der Waals surface area contributed by atoms with Crippen LogP contribution in [0.3, 0.4) is 0 Å². The number of amides is 1. The quantitative estimate of drug-likeness (QED) is 0.733. The second kappa shape index (κ2) is 3.33. The smallest absolute Gasteiger partial charge is 0.258 e. The van der Waals surface area contributed by atoms with Gasteiger partial charge in [0, 0.05) is 0 Å². The summed E-state index contributed by atoms with van der Waals surface area (Å²) in [7, 11) is 0. The van der Waals surface area contributed by atoms with Crippen molar-refractivity contribution in [3.05, 3.63) is 35.9 Å². The molecule has 2 N–H and O–H groups in total. The Morgan fingerprint density at radius 2 is 1.75 bits per heavy atom. The van der Waals surface area contributed by atoms with E-state index in [0.717, 1.165) is 0 Å². The van der Waals surface area contributed by atoms with E-state index in [-0.39, 0.29) is 0 Å². The molecular weight excluding hydrogens is 197 g/mol. The summed E-state index contributed by atoms with van der Waals surface area (Å²) in [6, 6.07) is 8.55. The lowest BCUT2D eigenvalue weighted by molar-refractivity contribution is -0.118. The molecule has 0 aliphatic carbocycles. The molecule has 0 heterocycles. The average Bonchev–Trinajstić information content (AvgIpc) is 2.06. The molecule has 0 saturated heterocycles. The molecule has 0 aromatic heterocycles. The van der Waals surface area contributed by atoms with Gasteiger partial charge in [0.1, 0.15) is 0 Å². The summed E-state index contributed by atoms with van der Waals surface area (Å²) in [5.74, 6) is -0.767. The van der Waals surface area contributed by atoms with Crippen LogP contribution in [0.5, 0.6) is 0 Å². The van der Waals surface area contributed by atoms with Crippen molar-refractivity contribution in [2.75, 3.05) is 0 Å². The minimum atomic E-state index is -1.62. The highest BCUT2D eigenvalue weighted by atomic mass is 35.5. The zero-order valence-electron chi connectivity index (χ0n) is 6.13. The van der Waals surface area contributed by atoms with Gasteiger partial charge in [-0.3, -0.25) is 4.79 Å². The van der Waals surface area contributed by atoms with Gasteiger partial charge in [-0.2, -0.15) is 0 Å². The lowest BCUT2D eigenvalue weighted by Crippen LogP contribution is -2.30. The van der Waals surface area contributed by atoms with Crippen LogP contribution < -0.4 is 5.73 Å². The summed E-state index contributed by atoms with van der Waals surface area (Å²) in [6.45, 7) is 0. The number of halogens is 2. The van der Waals surface area contributed by atoms with E-state index in [0.29, 0.717) is 5.56 Å². The van der Waals surface area contributed by atoms with Crippen LogP contribution in [0.4, 0.5) is 0 Å². The minimum absolute atomic E-state index is 0.487. The van der Waals surface area contributed by atoms with Crippen molar-refractivity contribution in [1.82, 2.24) is 0 Å². The van der Waals surface area contributed by atoms with Gasteiger partial charge in [0.15, 0.2) is 0 Å². The molecule has 64 valence electrons. The van der Waals surface area contributed by atoms with Gasteiger partial charge in [0.2, 0.25) is 4.33 Å². The SMILES string of the molecule is NC(=O)C(Cl)(Cl)c1ccccc1. The molecule has 0 radical (unpaired) electrons. The van der Waals surface area contributed by atoms with Crippen molar-refractivity contribution in [2.24, 2.45) is 5.73 Å². The van der Waals surface area contributed by atoms with Gasteiger partial charge in [0.05, 0.1) is 0 Å². The minimum Gasteiger partial charge on any atom is -0.367 e. The molecule has 1 aromatic carbocycles. The number of carbonyl (C=O) groups excluding carboxylic acids is 1. The third kappa shape index (κ3) is 1.71. The molecule has 0 unspecified atom stereocenters. The van der Waals surface area contributed by atoms with E-state index in [2.05, 4.69) is 0 Å². The molecule has 1 amide bonds. The van der Waals surface area contributed by atoms with Gasteiger partial charge in [-0.1, -0.05) is 53.5 Å². The molecule has 12 heavy (non-hydrogen) atoms. The Kier molecular flexibility index (Phi) is 2.60. The molecule has 4 heteroatoms. The van der Waals surface area contributed by atoms with Crippen LogP contribution in [0, 0.1) is 0 Å². The number of primary amides is 1. The second-order valence-corrected chi connectivity index (χ2v) is 3.63. The summed E-state index contributed by atoms with van der Waals surface area (Å²) < 4.78 is -1.62. The van der Waals surface area contributed by atoms with Crippen LogP contribution >= 0.6 is 23.2 Å². The maximum atomic E-state index is 10.8. The summed E-state index contributed by atoms with van der Waals surface area (Å²) in [5, 5.41) is 0. The van der Waals surface area contributed by atoms with Crippen LogP contribution in [-0.2, 0) is 9.13 Å². The number of nitrogens with two attached hydrogens (primary N) is 1. The summed E-state index contributed by atoms with van der Waals surface area (Å²) in [5.41, 5.74) is 5.49. The highest BCUT2D eigenvalue weighted by Crippen LogP contribution is 2.32. The molecule has 0 fully saturated rings. The Morgan fingerprint density at radius 1 is 1.25 bits per heavy atom. The van der Waals surface area contributed by atoms with Crippen molar-refractivity contribution in [2.45, 2.75) is 4.33 Å². The standard InChI is InChI=1S/C8H7Cl2NO/c9-8(10,7(11)12)6-4-2-1-3-5-6/h1-5H,(H2,11,12). The van der Waals surface area contributed by atoms with Crippen LogP contribution in [0.25, 0.3) is 0 Å². The molecular formula is C8H7Cl2NO. The lowest BCUT2D eigenvalue weighted by Gasteiger charge is -2.14. The van der Waals surface area contributed by atoms with E-state index >= 15 is 0 Å². The zero-order chi connectivity index (χ0) is 9.19. The van der Waals surface area contributed by atoms with Crippen molar-refractivity contribution in [3.8, 4) is 0 Å². The molecule has 0 aliphatic rings. The maximum absolute atomic E-state index is 10.8.